The van der Waals surface area contributed by atoms with Gasteiger partial charge < -0.3 is 10.4 Å². The van der Waals surface area contributed by atoms with Gasteiger partial charge in [-0.15, -0.1) is 0 Å². The van der Waals surface area contributed by atoms with Crippen LogP contribution in [0, 0.1) is 0 Å². The van der Waals surface area contributed by atoms with Crippen LogP contribution in [0.25, 0.3) is 16.5 Å². The summed E-state index contributed by atoms with van der Waals surface area (Å²) in [6.45, 7) is 3.68. The molecule has 0 radical (unpaired) electrons. The van der Waals surface area contributed by atoms with Gasteiger partial charge in [-0.05, 0) is 11.5 Å². The quantitative estimate of drug-likeness (QED) is 0.768. The Kier molecular flexibility index (Phi) is 2.60. The van der Waals surface area contributed by atoms with Crippen LogP contribution in [0.4, 0.5) is 0 Å². The smallest absolute Gasteiger partial charge is 0.211 e. The Balaban J connectivity index is 2.60. The molecule has 0 heterocycles. The maximum absolute atomic E-state index is 10.3. The topological polar surface area (TPSA) is 49.3 Å². The minimum atomic E-state index is 0.137. The number of carbonyl (C=O) groups is 1. The Labute approximate surface area is 93.0 Å². The number of aromatic hydroxyl groups is 1. The average molecular weight is 213 g/mol. The van der Waals surface area contributed by atoms with E-state index in [-0.39, 0.29) is 5.75 Å². The zero-order chi connectivity index (χ0) is 11.5. The SMILES string of the molecule is C=C(NC=O)c1ccc2ccccc2c1O. The molecule has 0 atom stereocenters. The summed E-state index contributed by atoms with van der Waals surface area (Å²) in [7, 11) is 0. The van der Waals surface area contributed by atoms with E-state index in [4.69, 9.17) is 0 Å². The first kappa shape index (κ1) is 10.2. The molecule has 3 heteroatoms. The number of hydrogen-bond acceptors (Lipinski definition) is 2. The number of carbonyl (C=O) groups excluding carboxylic acids is 1. The van der Waals surface area contributed by atoms with Crippen molar-refractivity contribution in [3.8, 4) is 5.75 Å². The van der Waals surface area contributed by atoms with Gasteiger partial charge in [-0.25, -0.2) is 0 Å². The van der Waals surface area contributed by atoms with Gasteiger partial charge in [-0.1, -0.05) is 36.9 Å². The summed E-state index contributed by atoms with van der Waals surface area (Å²) in [5, 5.41) is 14.2. The predicted octanol–water partition coefficient (Wildman–Crippen LogP) is 2.26. The molecule has 0 aliphatic rings. The molecule has 0 aliphatic heterocycles. The van der Waals surface area contributed by atoms with Gasteiger partial charge in [0.25, 0.3) is 0 Å². The Bertz CT molecular complexity index is 561. The highest BCUT2D eigenvalue weighted by Crippen LogP contribution is 2.31. The number of rotatable bonds is 3. The highest BCUT2D eigenvalue weighted by atomic mass is 16.3. The van der Waals surface area contributed by atoms with E-state index in [1.807, 2.05) is 30.3 Å². The number of hydrogen-bond donors (Lipinski definition) is 2. The van der Waals surface area contributed by atoms with Gasteiger partial charge >= 0.3 is 0 Å². The van der Waals surface area contributed by atoms with Gasteiger partial charge in [0.15, 0.2) is 0 Å². The molecular weight excluding hydrogens is 202 g/mol. The van der Waals surface area contributed by atoms with Gasteiger partial charge in [-0.3, -0.25) is 4.79 Å². The van der Waals surface area contributed by atoms with Crippen molar-refractivity contribution in [1.29, 1.82) is 0 Å². The highest BCUT2D eigenvalue weighted by Gasteiger charge is 2.08. The lowest BCUT2D eigenvalue weighted by Crippen LogP contribution is -2.07. The number of phenolic OH excluding ortho intramolecular Hbond substituents is 1. The molecule has 0 unspecified atom stereocenters. The van der Waals surface area contributed by atoms with E-state index in [9.17, 15) is 9.90 Å². The van der Waals surface area contributed by atoms with Crippen molar-refractivity contribution in [3.63, 3.8) is 0 Å². The Morgan fingerprint density at radius 2 is 2.00 bits per heavy atom. The third-order valence-electron chi connectivity index (χ3n) is 2.46. The van der Waals surface area contributed by atoms with Gasteiger partial charge in [0.1, 0.15) is 5.75 Å². The summed E-state index contributed by atoms with van der Waals surface area (Å²) in [5.74, 6) is 0.137. The van der Waals surface area contributed by atoms with Crippen LogP contribution in [-0.4, -0.2) is 11.5 Å². The molecule has 0 fully saturated rings. The van der Waals surface area contributed by atoms with Crippen LogP contribution in [0.2, 0.25) is 0 Å². The first-order valence-corrected chi connectivity index (χ1v) is 4.84. The molecule has 0 spiro atoms. The maximum atomic E-state index is 10.3. The number of nitrogens with one attached hydrogen (secondary N) is 1. The molecule has 0 saturated carbocycles. The lowest BCUT2D eigenvalue weighted by atomic mass is 10.0. The van der Waals surface area contributed by atoms with Crippen molar-refractivity contribution in [2.45, 2.75) is 0 Å². The third kappa shape index (κ3) is 1.63. The number of amides is 1. The van der Waals surface area contributed by atoms with E-state index in [1.165, 1.54) is 0 Å². The van der Waals surface area contributed by atoms with Gasteiger partial charge in [-0.2, -0.15) is 0 Å². The van der Waals surface area contributed by atoms with Crippen molar-refractivity contribution in [2.24, 2.45) is 0 Å². The Morgan fingerprint density at radius 3 is 2.75 bits per heavy atom. The summed E-state index contributed by atoms with van der Waals surface area (Å²) in [6.07, 6.45) is 0.539. The van der Waals surface area contributed by atoms with Gasteiger partial charge in [0.2, 0.25) is 6.41 Å². The number of fused-ring (bicyclic) bond motifs is 1. The van der Waals surface area contributed by atoms with E-state index in [1.54, 1.807) is 6.07 Å². The summed E-state index contributed by atoms with van der Waals surface area (Å²) in [5.41, 5.74) is 0.920. The molecule has 2 aromatic carbocycles. The third-order valence-corrected chi connectivity index (χ3v) is 2.46. The normalized spacial score (nSPS) is 10.0. The molecule has 0 aromatic heterocycles. The van der Waals surface area contributed by atoms with Crippen LogP contribution >= 0.6 is 0 Å². The van der Waals surface area contributed by atoms with Crippen molar-refractivity contribution >= 4 is 22.9 Å². The number of phenols is 1. The lowest BCUT2D eigenvalue weighted by Gasteiger charge is -2.09. The van der Waals surface area contributed by atoms with Crippen molar-refractivity contribution in [2.75, 3.05) is 0 Å². The van der Waals surface area contributed by atoms with E-state index in [0.717, 1.165) is 10.8 Å². The second-order valence-electron chi connectivity index (χ2n) is 3.42. The van der Waals surface area contributed by atoms with E-state index >= 15 is 0 Å². The van der Waals surface area contributed by atoms with Crippen LogP contribution in [0.15, 0.2) is 43.0 Å². The molecule has 16 heavy (non-hydrogen) atoms. The molecule has 3 nitrogen and oxygen atoms in total. The molecular formula is C13H11NO2. The van der Waals surface area contributed by atoms with Crippen LogP contribution in [0.1, 0.15) is 5.56 Å². The summed E-state index contributed by atoms with van der Waals surface area (Å²) in [6, 6.07) is 11.1. The zero-order valence-corrected chi connectivity index (χ0v) is 8.60. The predicted molar refractivity (Wildman–Crippen MR) is 63.8 cm³/mol. The summed E-state index contributed by atoms with van der Waals surface area (Å²) < 4.78 is 0. The highest BCUT2D eigenvalue weighted by molar-refractivity contribution is 5.93. The molecule has 2 aromatic rings. The summed E-state index contributed by atoms with van der Waals surface area (Å²) >= 11 is 0. The van der Waals surface area contributed by atoms with Gasteiger partial charge in [0.05, 0.1) is 0 Å². The molecule has 0 bridgehead atoms. The first-order valence-electron chi connectivity index (χ1n) is 4.84. The van der Waals surface area contributed by atoms with Gasteiger partial charge in [0, 0.05) is 16.6 Å². The Hall–Kier alpha value is -2.29. The van der Waals surface area contributed by atoms with Crippen LogP contribution in [0.3, 0.4) is 0 Å². The number of benzene rings is 2. The maximum Gasteiger partial charge on any atom is 0.211 e. The minimum Gasteiger partial charge on any atom is -0.507 e. The average Bonchev–Trinajstić information content (AvgIpc) is 2.30. The molecule has 80 valence electrons. The lowest BCUT2D eigenvalue weighted by molar-refractivity contribution is -0.108. The Morgan fingerprint density at radius 1 is 1.25 bits per heavy atom. The second kappa shape index (κ2) is 4.06. The van der Waals surface area contributed by atoms with Crippen molar-refractivity contribution in [3.05, 3.63) is 48.5 Å². The summed E-state index contributed by atoms with van der Waals surface area (Å²) in [4.78, 5) is 10.3. The second-order valence-corrected chi connectivity index (χ2v) is 3.42. The molecule has 2 N–H and O–H groups in total. The van der Waals surface area contributed by atoms with E-state index in [2.05, 4.69) is 11.9 Å². The first-order chi connectivity index (χ1) is 7.74. The van der Waals surface area contributed by atoms with Crippen LogP contribution in [0.5, 0.6) is 5.75 Å². The van der Waals surface area contributed by atoms with Crippen molar-refractivity contribution < 1.29 is 9.90 Å². The minimum absolute atomic E-state index is 0.137. The van der Waals surface area contributed by atoms with E-state index in [0.29, 0.717) is 17.7 Å². The molecule has 0 aliphatic carbocycles. The fourth-order valence-corrected chi connectivity index (χ4v) is 1.65. The van der Waals surface area contributed by atoms with Crippen LogP contribution in [-0.2, 0) is 4.79 Å². The van der Waals surface area contributed by atoms with E-state index < -0.39 is 0 Å². The largest absolute Gasteiger partial charge is 0.507 e. The fraction of sp³-hybridized carbons (Fsp3) is 0. The van der Waals surface area contributed by atoms with Crippen molar-refractivity contribution in [1.82, 2.24) is 5.32 Å². The van der Waals surface area contributed by atoms with Crippen LogP contribution < -0.4 is 5.32 Å². The zero-order valence-electron chi connectivity index (χ0n) is 8.60. The molecule has 2 rings (SSSR count). The fourth-order valence-electron chi connectivity index (χ4n) is 1.65. The molecule has 1 amide bonds. The monoisotopic (exact) mass is 213 g/mol. The standard InChI is InChI=1S/C13H11NO2/c1-9(14-8-15)11-7-6-10-4-2-3-5-12(10)13(11)16/h2-8,16H,1H2,(H,14,15). The molecule has 0 saturated heterocycles.